The van der Waals surface area contributed by atoms with Crippen LogP contribution in [0.3, 0.4) is 0 Å². The van der Waals surface area contributed by atoms with Crippen molar-refractivity contribution in [1.29, 1.82) is 0 Å². The zero-order valence-corrected chi connectivity index (χ0v) is 21.0. The predicted octanol–water partition coefficient (Wildman–Crippen LogP) is 7.93. The first-order chi connectivity index (χ1) is 15.1. The van der Waals surface area contributed by atoms with E-state index in [1.165, 1.54) is 93.7 Å². The van der Waals surface area contributed by atoms with E-state index in [1.54, 1.807) is 5.56 Å². The highest BCUT2D eigenvalue weighted by molar-refractivity contribution is 5.59. The van der Waals surface area contributed by atoms with Gasteiger partial charge in [-0.05, 0) is 147 Å². The average molecular weight is 433 g/mol. The normalized spacial score (nSPS) is 46.2. The fourth-order valence-corrected chi connectivity index (χ4v) is 11.5. The van der Waals surface area contributed by atoms with E-state index in [2.05, 4.69) is 33.8 Å². The third-order valence-electron chi connectivity index (χ3n) is 11.4. The molecule has 174 valence electrons. The van der Waals surface area contributed by atoms with Gasteiger partial charge in [-0.3, -0.25) is 0 Å². The van der Waals surface area contributed by atoms with Crippen LogP contribution < -0.4 is 0 Å². The molecule has 0 aromatic heterocycles. The largest absolute Gasteiger partial charge is 0.507 e. The first-order valence-corrected chi connectivity index (χ1v) is 14.0. The summed E-state index contributed by atoms with van der Waals surface area (Å²) < 4.78 is 0. The van der Waals surface area contributed by atoms with Gasteiger partial charge in [-0.25, -0.2) is 0 Å². The monoisotopic (exact) mass is 432 g/mol. The third-order valence-corrected chi connectivity index (χ3v) is 11.4. The summed E-state index contributed by atoms with van der Waals surface area (Å²) in [5.41, 5.74) is 6.46. The van der Waals surface area contributed by atoms with Crippen molar-refractivity contribution >= 4 is 0 Å². The molecule has 0 aliphatic heterocycles. The standard InChI is InChI=1S/C31H44O/c1-18-5-25(30-12-19-6-20(13-30)8-21(7-19)14-30)28(32)27(29(2,3)4)26(18)31-15-22-9-23(16-31)11-24(10-22)17-31/h5,19-24,32H,6-17H2,1-4H3. The van der Waals surface area contributed by atoms with Gasteiger partial charge in [0.2, 0.25) is 0 Å². The molecule has 1 nitrogen and oxygen atoms in total. The van der Waals surface area contributed by atoms with Crippen LogP contribution in [-0.4, -0.2) is 5.11 Å². The fraction of sp³-hybridized carbons (Fsp3) is 0.806. The van der Waals surface area contributed by atoms with Gasteiger partial charge in [0.15, 0.2) is 0 Å². The fourth-order valence-electron chi connectivity index (χ4n) is 11.5. The summed E-state index contributed by atoms with van der Waals surface area (Å²) in [6.07, 6.45) is 17.0. The highest BCUT2D eigenvalue weighted by atomic mass is 16.3. The van der Waals surface area contributed by atoms with Crippen molar-refractivity contribution < 1.29 is 5.11 Å². The Morgan fingerprint density at radius 3 is 1.44 bits per heavy atom. The van der Waals surface area contributed by atoms with Crippen LogP contribution in [-0.2, 0) is 16.2 Å². The Bertz CT molecular complexity index is 889. The Kier molecular flexibility index (Phi) is 4.06. The molecule has 9 rings (SSSR count). The van der Waals surface area contributed by atoms with E-state index in [1.807, 2.05) is 0 Å². The molecule has 0 atom stereocenters. The lowest BCUT2D eigenvalue weighted by atomic mass is 9.45. The van der Waals surface area contributed by atoms with Crippen LogP contribution in [0.15, 0.2) is 6.07 Å². The van der Waals surface area contributed by atoms with Crippen LogP contribution in [0.2, 0.25) is 0 Å². The highest BCUT2D eigenvalue weighted by Gasteiger charge is 2.56. The van der Waals surface area contributed by atoms with Crippen molar-refractivity contribution in [3.05, 3.63) is 28.3 Å². The van der Waals surface area contributed by atoms with Crippen LogP contribution in [0.25, 0.3) is 0 Å². The van der Waals surface area contributed by atoms with Crippen molar-refractivity contribution in [3.8, 4) is 5.75 Å². The van der Waals surface area contributed by atoms with Gasteiger partial charge in [0.1, 0.15) is 5.75 Å². The minimum absolute atomic E-state index is 0.00812. The van der Waals surface area contributed by atoms with E-state index in [-0.39, 0.29) is 10.8 Å². The Balaban J connectivity index is 1.41. The Morgan fingerprint density at radius 2 is 1.06 bits per heavy atom. The van der Waals surface area contributed by atoms with Gasteiger partial charge >= 0.3 is 0 Å². The molecule has 0 radical (unpaired) electrons. The molecule has 0 saturated heterocycles. The lowest BCUT2D eigenvalue weighted by Crippen LogP contribution is -2.50. The average Bonchev–Trinajstić information content (AvgIpc) is 2.66. The maximum atomic E-state index is 12.2. The molecule has 8 fully saturated rings. The zero-order valence-electron chi connectivity index (χ0n) is 21.0. The Morgan fingerprint density at radius 1 is 0.688 bits per heavy atom. The van der Waals surface area contributed by atoms with E-state index < -0.39 is 0 Å². The maximum absolute atomic E-state index is 12.2. The summed E-state index contributed by atoms with van der Waals surface area (Å²) >= 11 is 0. The quantitative estimate of drug-likeness (QED) is 0.503. The summed E-state index contributed by atoms with van der Waals surface area (Å²) in [5, 5.41) is 12.2. The molecule has 0 spiro atoms. The number of benzene rings is 1. The summed E-state index contributed by atoms with van der Waals surface area (Å²) in [5.74, 6) is 6.32. The maximum Gasteiger partial charge on any atom is 0.123 e. The number of aromatic hydroxyl groups is 1. The molecular formula is C31H44O. The SMILES string of the molecule is Cc1cc(C23CC4CC(CC(C4)C2)C3)c(O)c(C(C)(C)C)c1C12CC3CC(CC(C3)C1)C2. The smallest absolute Gasteiger partial charge is 0.123 e. The first-order valence-electron chi connectivity index (χ1n) is 14.0. The second kappa shape index (κ2) is 6.37. The molecular weight excluding hydrogens is 388 g/mol. The summed E-state index contributed by atoms with van der Waals surface area (Å²) in [4.78, 5) is 0. The number of phenols is 1. The second-order valence-corrected chi connectivity index (χ2v) is 15.0. The van der Waals surface area contributed by atoms with Gasteiger partial charge < -0.3 is 5.11 Å². The molecule has 0 unspecified atom stereocenters. The van der Waals surface area contributed by atoms with Crippen molar-refractivity contribution in [2.45, 2.75) is 121 Å². The Labute approximate surface area is 195 Å². The first kappa shape index (κ1) is 20.4. The zero-order chi connectivity index (χ0) is 22.0. The molecule has 8 saturated carbocycles. The van der Waals surface area contributed by atoms with Gasteiger partial charge in [0.05, 0.1) is 0 Å². The van der Waals surface area contributed by atoms with Crippen molar-refractivity contribution in [2.75, 3.05) is 0 Å². The van der Waals surface area contributed by atoms with Crippen LogP contribution >= 0.6 is 0 Å². The Hall–Kier alpha value is -0.980. The van der Waals surface area contributed by atoms with E-state index >= 15 is 0 Å². The molecule has 8 aliphatic carbocycles. The van der Waals surface area contributed by atoms with E-state index in [4.69, 9.17) is 0 Å². The van der Waals surface area contributed by atoms with Crippen LogP contribution in [0.4, 0.5) is 0 Å². The van der Waals surface area contributed by atoms with Crippen LogP contribution in [0.1, 0.15) is 120 Å². The lowest BCUT2D eigenvalue weighted by molar-refractivity contribution is -0.00864. The van der Waals surface area contributed by atoms with E-state index in [9.17, 15) is 5.11 Å². The minimum atomic E-state index is -0.00812. The van der Waals surface area contributed by atoms with Crippen molar-refractivity contribution in [1.82, 2.24) is 0 Å². The summed E-state index contributed by atoms with van der Waals surface area (Å²) in [6.45, 7) is 9.53. The highest BCUT2D eigenvalue weighted by Crippen LogP contribution is 2.66. The second-order valence-electron chi connectivity index (χ2n) is 15.0. The summed E-state index contributed by atoms with van der Waals surface area (Å²) in [6, 6.07) is 2.53. The van der Waals surface area contributed by atoms with E-state index in [0.29, 0.717) is 5.41 Å². The van der Waals surface area contributed by atoms with Crippen LogP contribution in [0.5, 0.6) is 5.75 Å². The molecule has 1 N–H and O–H groups in total. The lowest BCUT2D eigenvalue weighted by Gasteiger charge is -2.59. The van der Waals surface area contributed by atoms with Gasteiger partial charge in [0, 0.05) is 11.1 Å². The van der Waals surface area contributed by atoms with Gasteiger partial charge in [0.25, 0.3) is 0 Å². The molecule has 1 aromatic carbocycles. The third kappa shape index (κ3) is 2.75. The van der Waals surface area contributed by atoms with Gasteiger partial charge in [-0.1, -0.05) is 26.8 Å². The van der Waals surface area contributed by atoms with Gasteiger partial charge in [-0.2, -0.15) is 0 Å². The molecule has 1 aromatic rings. The molecule has 1 heteroatoms. The number of phenolic OH excluding ortho intramolecular Hbond substituents is 1. The number of hydrogen-bond acceptors (Lipinski definition) is 1. The number of hydrogen-bond donors (Lipinski definition) is 1. The van der Waals surface area contributed by atoms with Crippen molar-refractivity contribution in [2.24, 2.45) is 35.5 Å². The topological polar surface area (TPSA) is 20.2 Å². The summed E-state index contributed by atoms with van der Waals surface area (Å²) in [7, 11) is 0. The predicted molar refractivity (Wildman–Crippen MR) is 131 cm³/mol. The minimum Gasteiger partial charge on any atom is -0.507 e. The molecule has 0 amide bonds. The number of rotatable bonds is 2. The van der Waals surface area contributed by atoms with E-state index in [0.717, 1.165) is 41.3 Å². The molecule has 8 bridgehead atoms. The van der Waals surface area contributed by atoms with Crippen LogP contribution in [0, 0.1) is 42.4 Å². The number of aryl methyl sites for hydroxylation is 1. The molecule has 8 aliphatic rings. The van der Waals surface area contributed by atoms with Gasteiger partial charge in [-0.15, -0.1) is 0 Å². The van der Waals surface area contributed by atoms with Crippen molar-refractivity contribution in [3.63, 3.8) is 0 Å². The molecule has 32 heavy (non-hydrogen) atoms. The molecule has 0 heterocycles.